The van der Waals surface area contributed by atoms with Crippen LogP contribution in [-0.4, -0.2) is 54.5 Å². The second-order valence-electron chi connectivity index (χ2n) is 6.98. The molecule has 0 radical (unpaired) electrons. The van der Waals surface area contributed by atoms with Gasteiger partial charge in [-0.1, -0.05) is 36.4 Å². The first-order chi connectivity index (χ1) is 13.9. The SMILES string of the molecule is C=CCN(CC(=O)N(CCc1ccccc1)Cc1ccc(C)o1)[C@H](C)C(=O)OC. The maximum absolute atomic E-state index is 13.1. The van der Waals surface area contributed by atoms with Gasteiger partial charge in [0.25, 0.3) is 0 Å². The quantitative estimate of drug-likeness (QED) is 0.430. The van der Waals surface area contributed by atoms with Crippen LogP contribution in [0.25, 0.3) is 0 Å². The number of amides is 1. The third-order valence-electron chi connectivity index (χ3n) is 4.80. The molecule has 0 N–H and O–H groups in total. The maximum atomic E-state index is 13.1. The Morgan fingerprint density at radius 2 is 1.93 bits per heavy atom. The molecule has 0 spiro atoms. The number of ether oxygens (including phenoxy) is 1. The first-order valence-corrected chi connectivity index (χ1v) is 9.74. The van der Waals surface area contributed by atoms with Crippen LogP contribution in [0, 0.1) is 6.92 Å². The fourth-order valence-corrected chi connectivity index (χ4v) is 3.08. The van der Waals surface area contributed by atoms with Crippen LogP contribution in [0.5, 0.6) is 0 Å². The molecule has 6 nitrogen and oxygen atoms in total. The number of benzene rings is 1. The Morgan fingerprint density at radius 3 is 2.52 bits per heavy atom. The molecular formula is C23H30N2O4. The second-order valence-corrected chi connectivity index (χ2v) is 6.98. The van der Waals surface area contributed by atoms with Gasteiger partial charge in [-0.05, 0) is 38.0 Å². The van der Waals surface area contributed by atoms with Crippen molar-refractivity contribution >= 4 is 11.9 Å². The van der Waals surface area contributed by atoms with E-state index in [1.165, 1.54) is 7.11 Å². The van der Waals surface area contributed by atoms with Gasteiger partial charge in [0.2, 0.25) is 5.91 Å². The van der Waals surface area contributed by atoms with E-state index in [9.17, 15) is 9.59 Å². The molecule has 1 heterocycles. The summed E-state index contributed by atoms with van der Waals surface area (Å²) >= 11 is 0. The van der Waals surface area contributed by atoms with E-state index >= 15 is 0 Å². The Kier molecular flexibility index (Phi) is 8.68. The minimum atomic E-state index is -0.538. The molecule has 0 saturated heterocycles. The molecule has 0 saturated carbocycles. The Hall–Kier alpha value is -2.86. The van der Waals surface area contributed by atoms with Crippen molar-refractivity contribution in [2.45, 2.75) is 32.9 Å². The molecule has 0 aliphatic heterocycles. The highest BCUT2D eigenvalue weighted by Crippen LogP contribution is 2.12. The van der Waals surface area contributed by atoms with Crippen LogP contribution in [0.2, 0.25) is 0 Å². The van der Waals surface area contributed by atoms with Gasteiger partial charge in [0.05, 0.1) is 20.2 Å². The van der Waals surface area contributed by atoms with E-state index in [4.69, 9.17) is 9.15 Å². The number of carbonyl (C=O) groups is 2. The van der Waals surface area contributed by atoms with E-state index in [1.54, 1.807) is 22.8 Å². The number of aryl methyl sites for hydroxylation is 1. The van der Waals surface area contributed by atoms with Gasteiger partial charge >= 0.3 is 5.97 Å². The molecule has 1 aromatic heterocycles. The predicted molar refractivity (Wildman–Crippen MR) is 112 cm³/mol. The van der Waals surface area contributed by atoms with Gasteiger partial charge in [-0.25, -0.2) is 0 Å². The third-order valence-corrected chi connectivity index (χ3v) is 4.80. The average molecular weight is 399 g/mol. The number of rotatable bonds is 11. The standard InChI is InChI=1S/C23H30N2O4/c1-5-14-24(19(3)23(27)28-4)17-22(26)25(16-21-12-11-18(2)29-21)15-13-20-9-7-6-8-10-20/h5-12,19H,1,13-17H2,2-4H3/t19-/m1/s1. The van der Waals surface area contributed by atoms with E-state index in [1.807, 2.05) is 49.4 Å². The largest absolute Gasteiger partial charge is 0.468 e. The van der Waals surface area contributed by atoms with E-state index in [0.29, 0.717) is 19.6 Å². The zero-order valence-corrected chi connectivity index (χ0v) is 17.5. The van der Waals surface area contributed by atoms with Gasteiger partial charge in [-0.2, -0.15) is 0 Å². The fraction of sp³-hybridized carbons (Fsp3) is 0.391. The third kappa shape index (κ3) is 6.91. The molecule has 156 valence electrons. The van der Waals surface area contributed by atoms with E-state index in [-0.39, 0.29) is 18.4 Å². The lowest BCUT2D eigenvalue weighted by Crippen LogP contribution is -2.47. The lowest BCUT2D eigenvalue weighted by Gasteiger charge is -2.29. The predicted octanol–water partition coefficient (Wildman–Crippen LogP) is 3.21. The molecule has 0 fully saturated rings. The zero-order valence-electron chi connectivity index (χ0n) is 17.5. The van der Waals surface area contributed by atoms with Crippen molar-refractivity contribution in [1.29, 1.82) is 0 Å². The topological polar surface area (TPSA) is 63.0 Å². The van der Waals surface area contributed by atoms with Crippen molar-refractivity contribution in [3.8, 4) is 0 Å². The minimum Gasteiger partial charge on any atom is -0.468 e. The average Bonchev–Trinajstić information content (AvgIpc) is 3.14. The van der Waals surface area contributed by atoms with Crippen LogP contribution in [0.15, 0.2) is 59.5 Å². The van der Waals surface area contributed by atoms with Gasteiger partial charge in [0.1, 0.15) is 17.6 Å². The van der Waals surface area contributed by atoms with Gasteiger partial charge in [0, 0.05) is 13.1 Å². The van der Waals surface area contributed by atoms with Crippen LogP contribution < -0.4 is 0 Å². The van der Waals surface area contributed by atoms with Gasteiger partial charge in [0.15, 0.2) is 0 Å². The highest BCUT2D eigenvalue weighted by Gasteiger charge is 2.25. The molecule has 0 unspecified atom stereocenters. The van der Waals surface area contributed by atoms with Crippen LogP contribution in [-0.2, 0) is 27.3 Å². The summed E-state index contributed by atoms with van der Waals surface area (Å²) < 4.78 is 10.5. The molecule has 1 atom stereocenters. The summed E-state index contributed by atoms with van der Waals surface area (Å²) in [4.78, 5) is 28.6. The summed E-state index contributed by atoms with van der Waals surface area (Å²) in [6.45, 7) is 8.78. The summed E-state index contributed by atoms with van der Waals surface area (Å²) in [6.07, 6.45) is 2.41. The van der Waals surface area contributed by atoms with Crippen LogP contribution in [0.3, 0.4) is 0 Å². The van der Waals surface area contributed by atoms with Crippen molar-refractivity contribution in [2.75, 3.05) is 26.7 Å². The van der Waals surface area contributed by atoms with Gasteiger partial charge in [-0.3, -0.25) is 14.5 Å². The van der Waals surface area contributed by atoms with Crippen molar-refractivity contribution in [2.24, 2.45) is 0 Å². The normalized spacial score (nSPS) is 11.9. The Morgan fingerprint density at radius 1 is 1.21 bits per heavy atom. The number of hydrogen-bond acceptors (Lipinski definition) is 5. The molecule has 0 aliphatic rings. The highest BCUT2D eigenvalue weighted by molar-refractivity contribution is 5.80. The van der Waals surface area contributed by atoms with Crippen LogP contribution >= 0.6 is 0 Å². The van der Waals surface area contributed by atoms with Crippen molar-refractivity contribution in [1.82, 2.24) is 9.80 Å². The lowest BCUT2D eigenvalue weighted by molar-refractivity contribution is -0.147. The van der Waals surface area contributed by atoms with Crippen molar-refractivity contribution in [3.63, 3.8) is 0 Å². The number of furan rings is 1. The molecule has 2 aromatic rings. The first kappa shape index (κ1) is 22.4. The molecule has 0 aliphatic carbocycles. The highest BCUT2D eigenvalue weighted by atomic mass is 16.5. The number of nitrogens with zero attached hydrogens (tertiary/aromatic N) is 2. The van der Waals surface area contributed by atoms with Gasteiger partial charge in [-0.15, -0.1) is 6.58 Å². The summed E-state index contributed by atoms with van der Waals surface area (Å²) in [5, 5.41) is 0. The molecule has 0 bridgehead atoms. The molecule has 1 amide bonds. The lowest BCUT2D eigenvalue weighted by atomic mass is 10.1. The van der Waals surface area contributed by atoms with E-state index in [0.717, 1.165) is 23.5 Å². The van der Waals surface area contributed by atoms with Crippen molar-refractivity contribution < 1.29 is 18.7 Å². The molecular weight excluding hydrogens is 368 g/mol. The molecule has 6 heteroatoms. The van der Waals surface area contributed by atoms with Crippen molar-refractivity contribution in [3.05, 3.63) is 72.2 Å². The van der Waals surface area contributed by atoms with Crippen LogP contribution in [0.4, 0.5) is 0 Å². The smallest absolute Gasteiger partial charge is 0.322 e. The summed E-state index contributed by atoms with van der Waals surface area (Å²) in [7, 11) is 1.35. The summed E-state index contributed by atoms with van der Waals surface area (Å²) in [5.74, 6) is 1.09. The zero-order chi connectivity index (χ0) is 21.2. The summed E-state index contributed by atoms with van der Waals surface area (Å²) in [6, 6.07) is 13.3. The molecule has 2 rings (SSSR count). The Balaban J connectivity index is 2.12. The van der Waals surface area contributed by atoms with Crippen LogP contribution in [0.1, 0.15) is 24.0 Å². The number of carbonyl (C=O) groups excluding carboxylic acids is 2. The maximum Gasteiger partial charge on any atom is 0.322 e. The monoisotopic (exact) mass is 398 g/mol. The fourth-order valence-electron chi connectivity index (χ4n) is 3.08. The minimum absolute atomic E-state index is 0.0763. The first-order valence-electron chi connectivity index (χ1n) is 9.74. The Bertz CT molecular complexity index is 800. The van der Waals surface area contributed by atoms with Gasteiger partial charge < -0.3 is 14.1 Å². The Labute approximate surface area is 172 Å². The van der Waals surface area contributed by atoms with E-state index in [2.05, 4.69) is 6.58 Å². The van der Waals surface area contributed by atoms with E-state index < -0.39 is 6.04 Å². The number of esters is 1. The molecule has 1 aromatic carbocycles. The number of hydrogen-bond donors (Lipinski definition) is 0. The number of methoxy groups -OCH3 is 1. The second kappa shape index (κ2) is 11.2. The molecule has 29 heavy (non-hydrogen) atoms. The summed E-state index contributed by atoms with van der Waals surface area (Å²) in [5.41, 5.74) is 1.16.